The highest BCUT2D eigenvalue weighted by Crippen LogP contribution is 2.28. The van der Waals surface area contributed by atoms with E-state index in [0.29, 0.717) is 29.3 Å². The van der Waals surface area contributed by atoms with Gasteiger partial charge in [0, 0.05) is 30.8 Å². The van der Waals surface area contributed by atoms with Gasteiger partial charge in [-0.1, -0.05) is 0 Å². The molecule has 0 radical (unpaired) electrons. The fraction of sp³-hybridized carbons (Fsp3) is 0.444. The summed E-state index contributed by atoms with van der Waals surface area (Å²) in [5.74, 6) is -0.0539. The number of nitrogens with one attached hydrogen (secondary N) is 2. The van der Waals surface area contributed by atoms with E-state index >= 15 is 0 Å². The smallest absolute Gasteiger partial charge is 0.407 e. The number of carboxylic acids is 1. The molecule has 8 heteroatoms. The molecule has 0 saturated heterocycles. The molecule has 0 aliphatic heterocycles. The van der Waals surface area contributed by atoms with Crippen molar-refractivity contribution in [3.8, 4) is 11.5 Å². The summed E-state index contributed by atoms with van der Waals surface area (Å²) in [7, 11) is 3.02. The van der Waals surface area contributed by atoms with Gasteiger partial charge in [0.15, 0.2) is 0 Å². The molecule has 0 aromatic heterocycles. The molecule has 0 spiro atoms. The van der Waals surface area contributed by atoms with Crippen molar-refractivity contribution in [2.24, 2.45) is 0 Å². The maximum Gasteiger partial charge on any atom is 0.407 e. The Balaban J connectivity index is 2.78. The fourth-order valence-corrected chi connectivity index (χ4v) is 2.04. The number of carbonyl (C=O) groups is 2. The number of carbonyl (C=O) groups excluding carboxylic acids is 1. The lowest BCUT2D eigenvalue weighted by molar-refractivity contribution is -0.131. The van der Waals surface area contributed by atoms with Crippen LogP contribution in [0.15, 0.2) is 24.3 Å². The van der Waals surface area contributed by atoms with Crippen LogP contribution in [0.3, 0.4) is 0 Å². The predicted octanol–water partition coefficient (Wildman–Crippen LogP) is 2.24. The SMILES string of the molecule is COc1ccc(C(=CC(=O)O)NCCNC(=O)OC(C)(C)C)c(OC)c1. The van der Waals surface area contributed by atoms with Gasteiger partial charge in [-0.3, -0.25) is 0 Å². The van der Waals surface area contributed by atoms with Crippen molar-refractivity contribution < 1.29 is 28.9 Å². The van der Waals surface area contributed by atoms with Crippen LogP contribution in [0.1, 0.15) is 26.3 Å². The number of alkyl carbamates (subject to hydrolysis) is 1. The third-order valence-electron chi connectivity index (χ3n) is 3.08. The van der Waals surface area contributed by atoms with Gasteiger partial charge >= 0.3 is 12.1 Å². The second kappa shape index (κ2) is 9.55. The molecule has 1 rings (SSSR count). The number of rotatable bonds is 8. The first-order valence-corrected chi connectivity index (χ1v) is 8.04. The topological polar surface area (TPSA) is 106 Å². The number of amides is 1. The van der Waals surface area contributed by atoms with Gasteiger partial charge < -0.3 is 30.0 Å². The van der Waals surface area contributed by atoms with Crippen molar-refractivity contribution >= 4 is 17.8 Å². The summed E-state index contributed by atoms with van der Waals surface area (Å²) in [5.41, 5.74) is 0.332. The van der Waals surface area contributed by atoms with Crippen LogP contribution in [-0.4, -0.2) is 50.1 Å². The van der Waals surface area contributed by atoms with Crippen LogP contribution < -0.4 is 20.1 Å². The Kier molecular flexibility index (Phi) is 7.77. The summed E-state index contributed by atoms with van der Waals surface area (Å²) in [6.45, 7) is 5.87. The van der Waals surface area contributed by atoms with E-state index in [1.54, 1.807) is 39.0 Å². The van der Waals surface area contributed by atoms with Crippen LogP contribution in [0.4, 0.5) is 4.79 Å². The first kappa shape index (κ1) is 21.1. The lowest BCUT2D eigenvalue weighted by Crippen LogP contribution is -2.36. The molecule has 0 unspecified atom stereocenters. The number of ether oxygens (including phenoxy) is 3. The third-order valence-corrected chi connectivity index (χ3v) is 3.08. The van der Waals surface area contributed by atoms with E-state index in [0.717, 1.165) is 6.08 Å². The van der Waals surface area contributed by atoms with Crippen molar-refractivity contribution in [3.05, 3.63) is 29.8 Å². The lowest BCUT2D eigenvalue weighted by atomic mass is 10.1. The summed E-state index contributed by atoms with van der Waals surface area (Å²) in [6.07, 6.45) is 0.503. The summed E-state index contributed by atoms with van der Waals surface area (Å²) in [6, 6.07) is 5.06. The van der Waals surface area contributed by atoms with Gasteiger partial charge in [0.25, 0.3) is 0 Å². The molecule has 3 N–H and O–H groups in total. The minimum atomic E-state index is -1.11. The van der Waals surface area contributed by atoms with E-state index in [4.69, 9.17) is 19.3 Å². The first-order valence-electron chi connectivity index (χ1n) is 8.04. The molecule has 1 aromatic rings. The van der Waals surface area contributed by atoms with Gasteiger partial charge in [0.05, 0.1) is 19.9 Å². The number of hydrogen-bond acceptors (Lipinski definition) is 6. The molecule has 0 saturated carbocycles. The molecule has 26 heavy (non-hydrogen) atoms. The van der Waals surface area contributed by atoms with E-state index < -0.39 is 17.7 Å². The zero-order valence-corrected chi connectivity index (χ0v) is 15.7. The monoisotopic (exact) mass is 366 g/mol. The third kappa shape index (κ3) is 7.33. The van der Waals surface area contributed by atoms with Crippen LogP contribution in [0, 0.1) is 0 Å². The van der Waals surface area contributed by atoms with Crippen molar-refractivity contribution in [2.45, 2.75) is 26.4 Å². The standard InChI is InChI=1S/C18H26N2O6/c1-18(2,3)26-17(23)20-9-8-19-14(11-16(21)22)13-7-6-12(24-4)10-15(13)25-5/h6-7,10-11,19H,8-9H2,1-5H3,(H,20,23)(H,21,22). The second-order valence-electron chi connectivity index (χ2n) is 6.32. The molecular weight excluding hydrogens is 340 g/mol. The molecule has 1 amide bonds. The second-order valence-corrected chi connectivity index (χ2v) is 6.32. The quantitative estimate of drug-likeness (QED) is 0.478. The summed E-state index contributed by atoms with van der Waals surface area (Å²) in [4.78, 5) is 22.8. The van der Waals surface area contributed by atoms with Gasteiger partial charge in [0.1, 0.15) is 17.1 Å². The van der Waals surface area contributed by atoms with Crippen LogP contribution >= 0.6 is 0 Å². The van der Waals surface area contributed by atoms with Gasteiger partial charge in [-0.05, 0) is 32.9 Å². The summed E-state index contributed by atoms with van der Waals surface area (Å²) < 4.78 is 15.6. The minimum Gasteiger partial charge on any atom is -0.497 e. The molecule has 0 atom stereocenters. The average molecular weight is 366 g/mol. The average Bonchev–Trinajstić information content (AvgIpc) is 2.55. The summed E-state index contributed by atoms with van der Waals surface area (Å²) in [5, 5.41) is 14.7. The highest BCUT2D eigenvalue weighted by Gasteiger charge is 2.16. The Bertz CT molecular complexity index is 664. The van der Waals surface area contributed by atoms with Gasteiger partial charge in [0.2, 0.25) is 0 Å². The van der Waals surface area contributed by atoms with Gasteiger partial charge in [-0.25, -0.2) is 9.59 Å². The van der Waals surface area contributed by atoms with E-state index in [-0.39, 0.29) is 6.54 Å². The van der Waals surface area contributed by atoms with E-state index in [1.807, 2.05) is 0 Å². The molecule has 0 aliphatic rings. The molecule has 0 fully saturated rings. The Morgan fingerprint density at radius 3 is 2.31 bits per heavy atom. The van der Waals surface area contributed by atoms with E-state index in [2.05, 4.69) is 10.6 Å². The zero-order valence-electron chi connectivity index (χ0n) is 15.7. The molecule has 1 aromatic carbocycles. The van der Waals surface area contributed by atoms with Crippen molar-refractivity contribution in [2.75, 3.05) is 27.3 Å². The minimum absolute atomic E-state index is 0.254. The number of aliphatic carboxylic acids is 1. The van der Waals surface area contributed by atoms with Crippen molar-refractivity contribution in [1.29, 1.82) is 0 Å². The van der Waals surface area contributed by atoms with Gasteiger partial charge in [-0.15, -0.1) is 0 Å². The highest BCUT2D eigenvalue weighted by molar-refractivity contribution is 5.90. The molecule has 144 valence electrons. The Hall–Kier alpha value is -2.90. The summed E-state index contributed by atoms with van der Waals surface area (Å²) >= 11 is 0. The Morgan fingerprint density at radius 1 is 1.12 bits per heavy atom. The molecule has 0 aliphatic carbocycles. The van der Waals surface area contributed by atoms with Gasteiger partial charge in [-0.2, -0.15) is 0 Å². The molecule has 0 bridgehead atoms. The number of carboxylic acid groups (broad SMARTS) is 1. The number of benzene rings is 1. The van der Waals surface area contributed by atoms with Crippen LogP contribution in [-0.2, 0) is 9.53 Å². The Labute approximate surface area is 153 Å². The first-order chi connectivity index (χ1) is 12.2. The predicted molar refractivity (Wildman–Crippen MR) is 97.4 cm³/mol. The Morgan fingerprint density at radius 2 is 1.77 bits per heavy atom. The fourth-order valence-electron chi connectivity index (χ4n) is 2.04. The van der Waals surface area contributed by atoms with Crippen LogP contribution in [0.2, 0.25) is 0 Å². The maximum absolute atomic E-state index is 11.6. The zero-order chi connectivity index (χ0) is 19.7. The molecular formula is C18H26N2O6. The normalized spacial score (nSPS) is 11.5. The van der Waals surface area contributed by atoms with Crippen LogP contribution in [0.25, 0.3) is 5.70 Å². The largest absolute Gasteiger partial charge is 0.497 e. The maximum atomic E-state index is 11.6. The van der Waals surface area contributed by atoms with Crippen molar-refractivity contribution in [1.82, 2.24) is 10.6 Å². The van der Waals surface area contributed by atoms with E-state index in [1.165, 1.54) is 14.2 Å². The molecule has 0 heterocycles. The van der Waals surface area contributed by atoms with Crippen molar-refractivity contribution in [3.63, 3.8) is 0 Å². The van der Waals surface area contributed by atoms with E-state index in [9.17, 15) is 9.59 Å². The van der Waals surface area contributed by atoms with Crippen LogP contribution in [0.5, 0.6) is 11.5 Å². The number of methoxy groups -OCH3 is 2. The lowest BCUT2D eigenvalue weighted by Gasteiger charge is -2.20. The highest BCUT2D eigenvalue weighted by atomic mass is 16.6. The number of hydrogen-bond donors (Lipinski definition) is 3. The molecule has 8 nitrogen and oxygen atoms in total.